The lowest BCUT2D eigenvalue weighted by Gasteiger charge is -2.18. The zero-order valence-electron chi connectivity index (χ0n) is 12.6. The summed E-state index contributed by atoms with van der Waals surface area (Å²) in [7, 11) is 0. The van der Waals surface area contributed by atoms with Gasteiger partial charge in [-0.2, -0.15) is 0 Å². The number of unbranched alkanes of at least 4 members (excludes halogenated alkanes) is 1. The van der Waals surface area contributed by atoms with Gasteiger partial charge in [-0.1, -0.05) is 62.2 Å². The highest BCUT2D eigenvalue weighted by atomic mass is 15.0. The fraction of sp³-hybridized carbons (Fsp3) is 0.316. The van der Waals surface area contributed by atoms with Crippen LogP contribution in [0.5, 0.6) is 0 Å². The van der Waals surface area contributed by atoms with Gasteiger partial charge in [0.2, 0.25) is 0 Å². The molecule has 0 aliphatic heterocycles. The molecule has 0 radical (unpaired) electrons. The van der Waals surface area contributed by atoms with Crippen LogP contribution >= 0.6 is 0 Å². The largest absolute Gasteiger partial charge is 0.337 e. The maximum atomic E-state index is 4.16. The molecule has 0 N–H and O–H groups in total. The van der Waals surface area contributed by atoms with Crippen LogP contribution in [0.15, 0.2) is 61.2 Å². The van der Waals surface area contributed by atoms with Crippen LogP contribution in [0.4, 0.5) is 0 Å². The molecule has 0 spiro atoms. The minimum Gasteiger partial charge on any atom is -0.337 e. The standard InChI is InChI=1S/C19H22N2/c1-2-3-6-19(14-21-12-11-20-15-21)18-10-9-16-7-4-5-8-17(16)13-18/h4-5,7-13,15,19H,2-3,6,14H2,1H3. The molecule has 1 atom stereocenters. The molecule has 0 fully saturated rings. The molecular weight excluding hydrogens is 256 g/mol. The van der Waals surface area contributed by atoms with Crippen LogP contribution in [-0.2, 0) is 6.54 Å². The third kappa shape index (κ3) is 3.33. The van der Waals surface area contributed by atoms with E-state index < -0.39 is 0 Å². The lowest BCUT2D eigenvalue weighted by molar-refractivity contribution is 0.505. The lowest BCUT2D eigenvalue weighted by atomic mass is 9.91. The first-order chi connectivity index (χ1) is 10.4. The number of hydrogen-bond donors (Lipinski definition) is 0. The Balaban J connectivity index is 1.89. The molecule has 3 rings (SSSR count). The first kappa shape index (κ1) is 13.9. The van der Waals surface area contributed by atoms with Gasteiger partial charge < -0.3 is 4.57 Å². The summed E-state index contributed by atoms with van der Waals surface area (Å²) >= 11 is 0. The highest BCUT2D eigenvalue weighted by molar-refractivity contribution is 5.83. The molecule has 0 saturated carbocycles. The molecule has 0 amide bonds. The highest BCUT2D eigenvalue weighted by Gasteiger charge is 2.12. The van der Waals surface area contributed by atoms with E-state index in [-0.39, 0.29) is 0 Å². The van der Waals surface area contributed by atoms with Crippen molar-refractivity contribution in [3.05, 3.63) is 66.7 Å². The van der Waals surface area contributed by atoms with E-state index in [0.717, 1.165) is 6.54 Å². The Kier molecular flexibility index (Phi) is 4.34. The molecule has 3 aromatic rings. The number of fused-ring (bicyclic) bond motifs is 1. The Hall–Kier alpha value is -2.09. The summed E-state index contributed by atoms with van der Waals surface area (Å²) in [5, 5.41) is 2.65. The predicted octanol–water partition coefficient (Wildman–Crippen LogP) is 5.01. The third-order valence-corrected chi connectivity index (χ3v) is 4.14. The zero-order chi connectivity index (χ0) is 14.5. The van der Waals surface area contributed by atoms with Crippen molar-refractivity contribution < 1.29 is 0 Å². The summed E-state index contributed by atoms with van der Waals surface area (Å²) in [4.78, 5) is 4.16. The maximum absolute atomic E-state index is 4.16. The van der Waals surface area contributed by atoms with Gasteiger partial charge in [0.25, 0.3) is 0 Å². The van der Waals surface area contributed by atoms with Gasteiger partial charge in [0, 0.05) is 24.9 Å². The average Bonchev–Trinajstić information content (AvgIpc) is 3.04. The predicted molar refractivity (Wildman–Crippen MR) is 88.4 cm³/mol. The molecule has 2 aromatic carbocycles. The molecular formula is C19H22N2. The van der Waals surface area contributed by atoms with E-state index in [0.29, 0.717) is 5.92 Å². The van der Waals surface area contributed by atoms with Gasteiger partial charge in [0.15, 0.2) is 0 Å². The van der Waals surface area contributed by atoms with Crippen molar-refractivity contribution in [2.75, 3.05) is 0 Å². The SMILES string of the molecule is CCCCC(Cn1ccnc1)c1ccc2ccccc2c1. The Morgan fingerprint density at radius 3 is 2.71 bits per heavy atom. The van der Waals surface area contributed by atoms with E-state index in [1.807, 2.05) is 12.5 Å². The van der Waals surface area contributed by atoms with E-state index in [9.17, 15) is 0 Å². The minimum absolute atomic E-state index is 0.559. The van der Waals surface area contributed by atoms with Crippen molar-refractivity contribution in [1.82, 2.24) is 9.55 Å². The molecule has 108 valence electrons. The number of nitrogens with zero attached hydrogens (tertiary/aromatic N) is 2. The van der Waals surface area contributed by atoms with Gasteiger partial charge in [0.05, 0.1) is 6.33 Å². The van der Waals surface area contributed by atoms with Crippen LogP contribution in [0, 0.1) is 0 Å². The van der Waals surface area contributed by atoms with Crippen LogP contribution in [0.25, 0.3) is 10.8 Å². The van der Waals surface area contributed by atoms with E-state index in [4.69, 9.17) is 0 Å². The number of benzene rings is 2. The van der Waals surface area contributed by atoms with Gasteiger partial charge in [0.1, 0.15) is 0 Å². The van der Waals surface area contributed by atoms with Gasteiger partial charge in [-0.05, 0) is 22.8 Å². The monoisotopic (exact) mass is 278 g/mol. The molecule has 0 aliphatic carbocycles. The summed E-state index contributed by atoms with van der Waals surface area (Å²) in [6, 6.07) is 15.5. The van der Waals surface area contributed by atoms with Gasteiger partial charge >= 0.3 is 0 Å². The van der Waals surface area contributed by atoms with Crippen molar-refractivity contribution >= 4 is 10.8 Å². The molecule has 0 bridgehead atoms. The summed E-state index contributed by atoms with van der Waals surface area (Å²) in [5.74, 6) is 0.559. The quantitative estimate of drug-likeness (QED) is 0.619. The lowest BCUT2D eigenvalue weighted by Crippen LogP contribution is -2.08. The van der Waals surface area contributed by atoms with Crippen molar-refractivity contribution in [1.29, 1.82) is 0 Å². The van der Waals surface area contributed by atoms with E-state index in [2.05, 4.69) is 65.1 Å². The van der Waals surface area contributed by atoms with Crippen LogP contribution in [-0.4, -0.2) is 9.55 Å². The number of hydrogen-bond acceptors (Lipinski definition) is 1. The molecule has 1 aromatic heterocycles. The zero-order valence-corrected chi connectivity index (χ0v) is 12.6. The summed E-state index contributed by atoms with van der Waals surface area (Å²) in [6.45, 7) is 3.27. The summed E-state index contributed by atoms with van der Waals surface area (Å²) in [5.41, 5.74) is 1.44. The van der Waals surface area contributed by atoms with Crippen LogP contribution in [0.3, 0.4) is 0 Å². The van der Waals surface area contributed by atoms with E-state index in [1.165, 1.54) is 35.6 Å². The second-order valence-corrected chi connectivity index (χ2v) is 5.71. The Morgan fingerprint density at radius 1 is 1.10 bits per heavy atom. The summed E-state index contributed by atoms with van der Waals surface area (Å²) in [6.07, 6.45) is 9.57. The van der Waals surface area contributed by atoms with Gasteiger partial charge in [-0.3, -0.25) is 0 Å². The number of imidazole rings is 1. The topological polar surface area (TPSA) is 17.8 Å². The van der Waals surface area contributed by atoms with Crippen molar-refractivity contribution in [3.63, 3.8) is 0 Å². The molecule has 1 unspecified atom stereocenters. The number of aromatic nitrogens is 2. The minimum atomic E-state index is 0.559. The van der Waals surface area contributed by atoms with E-state index in [1.54, 1.807) is 0 Å². The maximum Gasteiger partial charge on any atom is 0.0946 e. The second kappa shape index (κ2) is 6.57. The van der Waals surface area contributed by atoms with Crippen LogP contribution < -0.4 is 0 Å². The fourth-order valence-electron chi connectivity index (χ4n) is 2.92. The second-order valence-electron chi connectivity index (χ2n) is 5.71. The van der Waals surface area contributed by atoms with Gasteiger partial charge in [-0.25, -0.2) is 4.98 Å². The van der Waals surface area contributed by atoms with E-state index >= 15 is 0 Å². The molecule has 0 aliphatic rings. The molecule has 0 saturated heterocycles. The third-order valence-electron chi connectivity index (χ3n) is 4.14. The van der Waals surface area contributed by atoms with Gasteiger partial charge in [-0.15, -0.1) is 0 Å². The smallest absolute Gasteiger partial charge is 0.0946 e. The Morgan fingerprint density at radius 2 is 1.95 bits per heavy atom. The Labute approximate surface area is 126 Å². The highest BCUT2D eigenvalue weighted by Crippen LogP contribution is 2.27. The average molecular weight is 278 g/mol. The van der Waals surface area contributed by atoms with Crippen molar-refractivity contribution in [2.24, 2.45) is 0 Å². The molecule has 2 nitrogen and oxygen atoms in total. The first-order valence-corrected chi connectivity index (χ1v) is 7.81. The van der Waals surface area contributed by atoms with Crippen molar-refractivity contribution in [3.8, 4) is 0 Å². The first-order valence-electron chi connectivity index (χ1n) is 7.81. The Bertz CT molecular complexity index is 686. The van der Waals surface area contributed by atoms with Crippen LogP contribution in [0.1, 0.15) is 37.7 Å². The summed E-state index contributed by atoms with van der Waals surface area (Å²) < 4.78 is 2.19. The van der Waals surface area contributed by atoms with Crippen molar-refractivity contribution in [2.45, 2.75) is 38.6 Å². The number of rotatable bonds is 6. The fourth-order valence-corrected chi connectivity index (χ4v) is 2.92. The molecule has 21 heavy (non-hydrogen) atoms. The normalized spacial score (nSPS) is 12.6. The van der Waals surface area contributed by atoms with Crippen LogP contribution in [0.2, 0.25) is 0 Å². The molecule has 2 heteroatoms. The molecule has 1 heterocycles.